The smallest absolute Gasteiger partial charge is 0.310 e. The number of nitrogens with zero attached hydrogens (tertiary/aromatic N) is 1. The van der Waals surface area contributed by atoms with Gasteiger partial charge in [0, 0.05) is 24.5 Å². The highest BCUT2D eigenvalue weighted by molar-refractivity contribution is 6.30. The molecule has 1 aromatic rings. The predicted octanol–water partition coefficient (Wildman–Crippen LogP) is 2.44. The SMILES string of the molecule is CC1(C(=O)O)CCN(CC2Cc3cc(Cl)ccc3O2)C1. The zero-order chi connectivity index (χ0) is 14.3. The summed E-state index contributed by atoms with van der Waals surface area (Å²) in [5, 5.41) is 9.98. The van der Waals surface area contributed by atoms with Crippen molar-refractivity contribution in [3.63, 3.8) is 0 Å². The van der Waals surface area contributed by atoms with Crippen LogP contribution in [0.5, 0.6) is 5.75 Å². The Morgan fingerprint density at radius 3 is 3.10 bits per heavy atom. The van der Waals surface area contributed by atoms with Gasteiger partial charge in [0.25, 0.3) is 0 Å². The van der Waals surface area contributed by atoms with E-state index >= 15 is 0 Å². The fourth-order valence-corrected chi connectivity index (χ4v) is 3.26. The topological polar surface area (TPSA) is 49.8 Å². The van der Waals surface area contributed by atoms with E-state index < -0.39 is 11.4 Å². The average Bonchev–Trinajstić information content (AvgIpc) is 2.93. The summed E-state index contributed by atoms with van der Waals surface area (Å²) in [7, 11) is 0. The number of likely N-dealkylation sites (tertiary alicyclic amines) is 1. The van der Waals surface area contributed by atoms with Crippen LogP contribution in [0.3, 0.4) is 0 Å². The number of aliphatic carboxylic acids is 1. The molecule has 2 unspecified atom stereocenters. The second kappa shape index (κ2) is 4.93. The third kappa shape index (κ3) is 2.50. The fourth-order valence-electron chi connectivity index (χ4n) is 3.07. The van der Waals surface area contributed by atoms with Crippen LogP contribution in [0, 0.1) is 5.41 Å². The van der Waals surface area contributed by atoms with Gasteiger partial charge in [-0.3, -0.25) is 9.69 Å². The maximum Gasteiger partial charge on any atom is 0.310 e. The highest BCUT2D eigenvalue weighted by Crippen LogP contribution is 2.34. The Morgan fingerprint density at radius 1 is 1.60 bits per heavy atom. The van der Waals surface area contributed by atoms with Crippen LogP contribution in [-0.2, 0) is 11.2 Å². The summed E-state index contributed by atoms with van der Waals surface area (Å²) in [6.45, 7) is 4.01. The molecule has 2 aliphatic rings. The number of ether oxygens (including phenoxy) is 1. The zero-order valence-corrected chi connectivity index (χ0v) is 12.2. The molecule has 0 saturated carbocycles. The van der Waals surface area contributed by atoms with Crippen LogP contribution < -0.4 is 4.74 Å². The van der Waals surface area contributed by atoms with E-state index in [1.807, 2.05) is 25.1 Å². The molecule has 0 bridgehead atoms. The van der Waals surface area contributed by atoms with Crippen molar-refractivity contribution in [2.45, 2.75) is 25.9 Å². The van der Waals surface area contributed by atoms with Crippen LogP contribution in [0.15, 0.2) is 18.2 Å². The van der Waals surface area contributed by atoms with Gasteiger partial charge in [0.2, 0.25) is 0 Å². The van der Waals surface area contributed by atoms with Crippen molar-refractivity contribution in [2.24, 2.45) is 5.41 Å². The van der Waals surface area contributed by atoms with Gasteiger partial charge >= 0.3 is 5.97 Å². The summed E-state index contributed by atoms with van der Waals surface area (Å²) >= 11 is 5.98. The summed E-state index contributed by atoms with van der Waals surface area (Å²) in [5.74, 6) is 0.196. The summed E-state index contributed by atoms with van der Waals surface area (Å²) in [4.78, 5) is 13.4. The summed E-state index contributed by atoms with van der Waals surface area (Å²) in [5.41, 5.74) is 0.525. The largest absolute Gasteiger partial charge is 0.488 e. The minimum absolute atomic E-state index is 0.0969. The van der Waals surface area contributed by atoms with E-state index in [0.29, 0.717) is 13.0 Å². The Labute approximate surface area is 123 Å². The minimum atomic E-state index is -0.706. The summed E-state index contributed by atoms with van der Waals surface area (Å²) in [6, 6.07) is 5.69. The van der Waals surface area contributed by atoms with Gasteiger partial charge in [-0.2, -0.15) is 0 Å². The first-order valence-electron chi connectivity index (χ1n) is 6.87. The summed E-state index contributed by atoms with van der Waals surface area (Å²) in [6.07, 6.45) is 1.64. The third-order valence-electron chi connectivity index (χ3n) is 4.29. The highest BCUT2D eigenvalue weighted by Gasteiger charge is 2.41. The van der Waals surface area contributed by atoms with E-state index in [9.17, 15) is 9.90 Å². The molecule has 20 heavy (non-hydrogen) atoms. The molecule has 2 heterocycles. The molecule has 0 amide bonds. The number of halogens is 1. The van der Waals surface area contributed by atoms with Gasteiger partial charge in [-0.1, -0.05) is 11.6 Å². The van der Waals surface area contributed by atoms with Crippen LogP contribution in [0.1, 0.15) is 18.9 Å². The van der Waals surface area contributed by atoms with Crippen molar-refractivity contribution in [1.29, 1.82) is 0 Å². The number of benzene rings is 1. The van der Waals surface area contributed by atoms with Gasteiger partial charge in [0.1, 0.15) is 11.9 Å². The van der Waals surface area contributed by atoms with E-state index in [1.54, 1.807) is 0 Å². The molecule has 1 fully saturated rings. The van der Waals surface area contributed by atoms with Crippen molar-refractivity contribution < 1.29 is 14.6 Å². The molecule has 2 atom stereocenters. The van der Waals surface area contributed by atoms with E-state index in [1.165, 1.54) is 0 Å². The zero-order valence-electron chi connectivity index (χ0n) is 11.4. The number of rotatable bonds is 3. The van der Waals surface area contributed by atoms with Crippen LogP contribution in [-0.4, -0.2) is 41.7 Å². The molecule has 2 aliphatic heterocycles. The Hall–Kier alpha value is -1.26. The lowest BCUT2D eigenvalue weighted by atomic mass is 9.90. The van der Waals surface area contributed by atoms with Gasteiger partial charge in [-0.25, -0.2) is 0 Å². The number of carbonyl (C=O) groups is 1. The Bertz CT molecular complexity index is 548. The predicted molar refractivity (Wildman–Crippen MR) is 76.4 cm³/mol. The summed E-state index contributed by atoms with van der Waals surface area (Å²) < 4.78 is 5.90. The van der Waals surface area contributed by atoms with Gasteiger partial charge in [0.05, 0.1) is 5.41 Å². The van der Waals surface area contributed by atoms with Crippen LogP contribution in [0.2, 0.25) is 5.02 Å². The molecular formula is C15H18ClNO3. The molecule has 1 saturated heterocycles. The van der Waals surface area contributed by atoms with Crippen molar-refractivity contribution in [3.05, 3.63) is 28.8 Å². The van der Waals surface area contributed by atoms with Crippen LogP contribution in [0.25, 0.3) is 0 Å². The number of carboxylic acids is 1. The van der Waals surface area contributed by atoms with Gasteiger partial charge in [-0.15, -0.1) is 0 Å². The van der Waals surface area contributed by atoms with E-state index in [2.05, 4.69) is 4.90 Å². The Kier molecular flexibility index (Phi) is 3.38. The Morgan fingerprint density at radius 2 is 2.40 bits per heavy atom. The molecule has 5 heteroatoms. The quantitative estimate of drug-likeness (QED) is 0.930. The molecule has 1 N–H and O–H groups in total. The molecule has 108 valence electrons. The van der Waals surface area contributed by atoms with Crippen LogP contribution in [0.4, 0.5) is 0 Å². The molecule has 1 aromatic carbocycles. The first-order valence-corrected chi connectivity index (χ1v) is 7.25. The second-order valence-electron chi connectivity index (χ2n) is 6.05. The number of fused-ring (bicyclic) bond motifs is 1. The molecule has 0 aliphatic carbocycles. The van der Waals surface area contributed by atoms with Crippen molar-refractivity contribution in [3.8, 4) is 5.75 Å². The monoisotopic (exact) mass is 295 g/mol. The van der Waals surface area contributed by atoms with Gasteiger partial charge < -0.3 is 9.84 Å². The lowest BCUT2D eigenvalue weighted by Crippen LogP contribution is -2.36. The fraction of sp³-hybridized carbons (Fsp3) is 0.533. The van der Waals surface area contributed by atoms with Crippen molar-refractivity contribution in [2.75, 3.05) is 19.6 Å². The second-order valence-corrected chi connectivity index (χ2v) is 6.48. The van der Waals surface area contributed by atoms with Gasteiger partial charge in [-0.05, 0) is 43.7 Å². The van der Waals surface area contributed by atoms with Crippen molar-refractivity contribution >= 4 is 17.6 Å². The molecule has 3 rings (SSSR count). The van der Waals surface area contributed by atoms with Crippen molar-refractivity contribution in [1.82, 2.24) is 4.90 Å². The minimum Gasteiger partial charge on any atom is -0.488 e. The first kappa shape index (κ1) is 13.7. The number of hydrogen-bond acceptors (Lipinski definition) is 3. The highest BCUT2D eigenvalue weighted by atomic mass is 35.5. The maximum absolute atomic E-state index is 11.2. The Balaban J connectivity index is 1.61. The molecule has 0 aromatic heterocycles. The molecule has 4 nitrogen and oxygen atoms in total. The van der Waals surface area contributed by atoms with Crippen LogP contribution >= 0.6 is 11.6 Å². The maximum atomic E-state index is 11.2. The van der Waals surface area contributed by atoms with E-state index in [-0.39, 0.29) is 6.10 Å². The molecule has 0 radical (unpaired) electrons. The number of hydrogen-bond donors (Lipinski definition) is 1. The molecular weight excluding hydrogens is 278 g/mol. The normalized spacial score (nSPS) is 29.2. The lowest BCUT2D eigenvalue weighted by Gasteiger charge is -2.22. The number of carboxylic acid groups (broad SMARTS) is 1. The van der Waals surface area contributed by atoms with E-state index in [4.69, 9.17) is 16.3 Å². The first-order chi connectivity index (χ1) is 9.46. The third-order valence-corrected chi connectivity index (χ3v) is 4.53. The molecule has 0 spiro atoms. The van der Waals surface area contributed by atoms with E-state index in [0.717, 1.165) is 35.8 Å². The standard InChI is InChI=1S/C15H18ClNO3/c1-15(14(18)19)4-5-17(9-15)8-12-7-10-6-11(16)2-3-13(10)20-12/h2-3,6,12H,4-5,7-9H2,1H3,(H,18,19). The van der Waals surface area contributed by atoms with Gasteiger partial charge in [0.15, 0.2) is 0 Å². The average molecular weight is 296 g/mol. The lowest BCUT2D eigenvalue weighted by molar-refractivity contribution is -0.147.